The average molecular weight is 435 g/mol. The summed E-state index contributed by atoms with van der Waals surface area (Å²) < 4.78 is 10.4. The summed E-state index contributed by atoms with van der Waals surface area (Å²) in [5.41, 5.74) is 4.26. The second kappa shape index (κ2) is 8.93. The Morgan fingerprint density at radius 1 is 1.09 bits per heavy atom. The molecule has 1 aliphatic carbocycles. The van der Waals surface area contributed by atoms with Crippen LogP contribution in [0.4, 0.5) is 10.7 Å². The number of rotatable bonds is 7. The molecule has 1 atom stereocenters. The van der Waals surface area contributed by atoms with E-state index in [9.17, 15) is 14.4 Å². The summed E-state index contributed by atoms with van der Waals surface area (Å²) in [6.07, 6.45) is -0.545. The van der Waals surface area contributed by atoms with E-state index in [-0.39, 0.29) is 30.5 Å². The lowest BCUT2D eigenvalue weighted by molar-refractivity contribution is -0.139. The number of nitrogens with zero attached hydrogens (tertiary/aromatic N) is 1. The van der Waals surface area contributed by atoms with E-state index in [0.717, 1.165) is 22.3 Å². The number of nitrogens with one attached hydrogen (secondary N) is 2. The first-order valence-electron chi connectivity index (χ1n) is 10.1. The van der Waals surface area contributed by atoms with Crippen molar-refractivity contribution in [3.05, 3.63) is 71.4 Å². The second-order valence-electron chi connectivity index (χ2n) is 7.30. The molecule has 0 fully saturated rings. The molecule has 0 bridgehead atoms. The molecule has 9 heteroatoms. The number of carbonyl (C=O) groups is 3. The monoisotopic (exact) mass is 435 g/mol. The summed E-state index contributed by atoms with van der Waals surface area (Å²) in [6.45, 7) is 1.75. The summed E-state index contributed by atoms with van der Waals surface area (Å²) in [5.74, 6) is -2.05. The van der Waals surface area contributed by atoms with Crippen molar-refractivity contribution in [3.8, 4) is 11.1 Å². The van der Waals surface area contributed by atoms with Crippen LogP contribution in [0, 0.1) is 0 Å². The van der Waals surface area contributed by atoms with Crippen molar-refractivity contribution in [2.45, 2.75) is 25.3 Å². The Morgan fingerprint density at radius 2 is 1.72 bits per heavy atom. The number of hydrogen-bond acceptors (Lipinski definition) is 6. The molecule has 9 nitrogen and oxygen atoms in total. The minimum atomic E-state index is -1.15. The molecule has 0 radical (unpaired) electrons. The predicted octanol–water partition coefficient (Wildman–Crippen LogP) is 3.63. The molecule has 3 aromatic rings. The predicted molar refractivity (Wildman–Crippen MR) is 114 cm³/mol. The molecule has 4 rings (SSSR count). The highest BCUT2D eigenvalue weighted by Gasteiger charge is 2.29. The number of carbonyl (C=O) groups excluding carboxylic acids is 2. The van der Waals surface area contributed by atoms with E-state index in [4.69, 9.17) is 14.4 Å². The zero-order valence-corrected chi connectivity index (χ0v) is 17.2. The number of ether oxygens (including phenoxy) is 1. The molecule has 0 saturated heterocycles. The quantitative estimate of drug-likeness (QED) is 0.516. The largest absolute Gasteiger partial charge is 0.480 e. The van der Waals surface area contributed by atoms with Crippen molar-refractivity contribution >= 4 is 23.9 Å². The Morgan fingerprint density at radius 3 is 2.31 bits per heavy atom. The summed E-state index contributed by atoms with van der Waals surface area (Å²) >= 11 is 0. The Balaban J connectivity index is 1.37. The minimum Gasteiger partial charge on any atom is -0.480 e. The number of amides is 2. The number of carboxylic acids is 1. The third kappa shape index (κ3) is 4.18. The number of benzene rings is 2. The fourth-order valence-electron chi connectivity index (χ4n) is 3.75. The van der Waals surface area contributed by atoms with Crippen LogP contribution in [-0.2, 0) is 9.53 Å². The third-order valence-corrected chi connectivity index (χ3v) is 5.32. The van der Waals surface area contributed by atoms with Gasteiger partial charge in [-0.2, -0.15) is 0 Å². The summed E-state index contributed by atoms with van der Waals surface area (Å²) in [7, 11) is 0. The molecular weight excluding hydrogens is 414 g/mol. The molecule has 1 heterocycles. The van der Waals surface area contributed by atoms with Gasteiger partial charge < -0.3 is 19.7 Å². The highest BCUT2D eigenvalue weighted by Crippen LogP contribution is 2.44. The van der Waals surface area contributed by atoms with Gasteiger partial charge in [-0.15, -0.1) is 0 Å². The molecule has 32 heavy (non-hydrogen) atoms. The van der Waals surface area contributed by atoms with Crippen molar-refractivity contribution in [2.24, 2.45) is 0 Å². The molecule has 1 aliphatic rings. The fraction of sp³-hybridized carbons (Fsp3) is 0.217. The van der Waals surface area contributed by atoms with Gasteiger partial charge in [-0.05, 0) is 28.7 Å². The summed E-state index contributed by atoms with van der Waals surface area (Å²) in [5, 5.41) is 17.3. The van der Waals surface area contributed by atoms with Crippen LogP contribution in [-0.4, -0.2) is 40.9 Å². The van der Waals surface area contributed by atoms with Crippen LogP contribution in [0.5, 0.6) is 0 Å². The molecule has 0 saturated carbocycles. The number of fused-ring (bicyclic) bond motifs is 3. The van der Waals surface area contributed by atoms with Crippen molar-refractivity contribution < 1.29 is 28.8 Å². The Labute approximate surface area is 183 Å². The zero-order chi connectivity index (χ0) is 22.7. The van der Waals surface area contributed by atoms with E-state index in [0.29, 0.717) is 0 Å². The van der Waals surface area contributed by atoms with Gasteiger partial charge in [-0.25, -0.2) is 9.59 Å². The maximum absolute atomic E-state index is 12.3. The molecular formula is C23H21N3O6. The number of carboxylic acid groups (broad SMARTS) is 1. The van der Waals surface area contributed by atoms with Gasteiger partial charge >= 0.3 is 12.1 Å². The minimum absolute atomic E-state index is 0.0873. The zero-order valence-electron chi connectivity index (χ0n) is 17.2. The first-order chi connectivity index (χ1) is 15.5. The van der Waals surface area contributed by atoms with Crippen LogP contribution in [0.1, 0.15) is 40.9 Å². The fourth-order valence-corrected chi connectivity index (χ4v) is 3.75. The molecule has 1 aromatic heterocycles. The SMILES string of the molecule is CC[C@@H](NC(=O)c1cc(NC(=O)OCC2c3ccccc3-c3ccccc32)on1)C(=O)O. The van der Waals surface area contributed by atoms with E-state index in [2.05, 4.69) is 15.8 Å². The second-order valence-corrected chi connectivity index (χ2v) is 7.30. The molecule has 0 aliphatic heterocycles. The Kier molecular flexibility index (Phi) is 5.89. The van der Waals surface area contributed by atoms with E-state index in [1.165, 1.54) is 6.07 Å². The number of hydrogen-bond donors (Lipinski definition) is 3. The van der Waals surface area contributed by atoms with Crippen LogP contribution in [0.3, 0.4) is 0 Å². The van der Waals surface area contributed by atoms with Gasteiger partial charge in [0.15, 0.2) is 5.69 Å². The first-order valence-corrected chi connectivity index (χ1v) is 10.1. The van der Waals surface area contributed by atoms with Crippen molar-refractivity contribution in [3.63, 3.8) is 0 Å². The van der Waals surface area contributed by atoms with Gasteiger partial charge in [0.05, 0.1) is 0 Å². The number of anilines is 1. The molecule has 164 valence electrons. The Hall–Kier alpha value is -4.14. The van der Waals surface area contributed by atoms with Crippen molar-refractivity contribution in [1.29, 1.82) is 0 Å². The lowest BCUT2D eigenvalue weighted by atomic mass is 9.98. The number of aromatic nitrogens is 1. The van der Waals surface area contributed by atoms with Crippen LogP contribution in [0.25, 0.3) is 11.1 Å². The Bertz CT molecular complexity index is 1130. The highest BCUT2D eigenvalue weighted by atomic mass is 16.6. The van der Waals surface area contributed by atoms with Crippen LogP contribution in [0.2, 0.25) is 0 Å². The molecule has 3 N–H and O–H groups in total. The average Bonchev–Trinajstić information content (AvgIpc) is 3.38. The maximum Gasteiger partial charge on any atom is 0.414 e. The van der Waals surface area contributed by atoms with Crippen molar-refractivity contribution in [2.75, 3.05) is 11.9 Å². The lowest BCUT2D eigenvalue weighted by Crippen LogP contribution is -2.40. The van der Waals surface area contributed by atoms with Crippen molar-refractivity contribution in [1.82, 2.24) is 10.5 Å². The van der Waals surface area contributed by atoms with Crippen LogP contribution in [0.15, 0.2) is 59.1 Å². The van der Waals surface area contributed by atoms with E-state index < -0.39 is 24.0 Å². The van der Waals surface area contributed by atoms with Crippen LogP contribution < -0.4 is 10.6 Å². The van der Waals surface area contributed by atoms with Gasteiger partial charge in [0, 0.05) is 12.0 Å². The van der Waals surface area contributed by atoms with Crippen LogP contribution >= 0.6 is 0 Å². The highest BCUT2D eigenvalue weighted by molar-refractivity contribution is 5.96. The maximum atomic E-state index is 12.3. The molecule has 0 unspecified atom stereocenters. The van der Waals surface area contributed by atoms with Gasteiger partial charge in [0.1, 0.15) is 12.6 Å². The summed E-state index contributed by atoms with van der Waals surface area (Å²) in [6, 6.07) is 16.1. The lowest BCUT2D eigenvalue weighted by Gasteiger charge is -2.13. The number of aliphatic carboxylic acids is 1. The van der Waals surface area contributed by atoms with E-state index in [1.807, 2.05) is 48.5 Å². The normalized spacial score (nSPS) is 13.0. The van der Waals surface area contributed by atoms with Gasteiger partial charge in [-0.1, -0.05) is 60.6 Å². The summed E-state index contributed by atoms with van der Waals surface area (Å²) in [4.78, 5) is 35.4. The molecule has 2 aromatic carbocycles. The third-order valence-electron chi connectivity index (χ3n) is 5.32. The molecule has 2 amide bonds. The smallest absolute Gasteiger partial charge is 0.414 e. The topological polar surface area (TPSA) is 131 Å². The first kappa shape index (κ1) is 21.1. The van der Waals surface area contributed by atoms with E-state index >= 15 is 0 Å². The van der Waals surface area contributed by atoms with Gasteiger partial charge in [0.2, 0.25) is 5.88 Å². The van der Waals surface area contributed by atoms with Gasteiger partial charge in [0.25, 0.3) is 5.91 Å². The standard InChI is InChI=1S/C23H21N3O6/c1-2-18(22(28)29)24-21(27)19-11-20(32-26-19)25-23(30)31-12-17-15-9-5-3-7-13(15)14-8-4-6-10-16(14)17/h3-11,17-18H,2,12H2,1H3,(H,24,27)(H,25,30)(H,28,29)/t18-/m1/s1. The van der Waals surface area contributed by atoms with E-state index in [1.54, 1.807) is 6.92 Å². The van der Waals surface area contributed by atoms with Gasteiger partial charge in [-0.3, -0.25) is 10.1 Å². The molecule has 0 spiro atoms.